The number of imidazole rings is 1. The number of halogens is 3. The van der Waals surface area contributed by atoms with Gasteiger partial charge >= 0.3 is 0 Å². The molecule has 0 saturated carbocycles. The van der Waals surface area contributed by atoms with E-state index in [-0.39, 0.29) is 46.8 Å². The van der Waals surface area contributed by atoms with Crippen molar-refractivity contribution in [3.63, 3.8) is 0 Å². The van der Waals surface area contributed by atoms with Crippen LogP contribution in [-0.4, -0.2) is 86.0 Å². The van der Waals surface area contributed by atoms with Crippen LogP contribution in [-0.2, 0) is 0 Å². The van der Waals surface area contributed by atoms with Gasteiger partial charge in [-0.3, -0.25) is 14.1 Å². The highest BCUT2D eigenvalue weighted by Gasteiger charge is 2.47. The maximum absolute atomic E-state index is 15.1. The number of carbonyl (C=O) groups is 1. The monoisotopic (exact) mass is 475 g/mol. The minimum atomic E-state index is -2.98. The van der Waals surface area contributed by atoms with Crippen molar-refractivity contribution in [1.82, 2.24) is 39.2 Å². The highest BCUT2D eigenvalue weighted by atomic mass is 19.3. The number of aromatic nitrogens is 6. The lowest BCUT2D eigenvalue weighted by molar-refractivity contribution is 0.00582. The zero-order chi connectivity index (χ0) is 24.2. The maximum Gasteiger partial charge on any atom is 0.281 e. The van der Waals surface area contributed by atoms with Crippen LogP contribution in [0.1, 0.15) is 10.5 Å². The first-order chi connectivity index (χ1) is 16.2. The van der Waals surface area contributed by atoms with Crippen molar-refractivity contribution in [2.24, 2.45) is 0 Å². The number of anilines is 1. The second-order valence-corrected chi connectivity index (χ2v) is 7.98. The molecule has 0 aromatic carbocycles. The second kappa shape index (κ2) is 7.83. The lowest BCUT2D eigenvalue weighted by atomic mass is 10.1. The smallest absolute Gasteiger partial charge is 0.281 e. The Hall–Kier alpha value is -3.94. The Morgan fingerprint density at radius 2 is 2.03 bits per heavy atom. The van der Waals surface area contributed by atoms with Crippen molar-refractivity contribution in [1.29, 1.82) is 0 Å². The van der Waals surface area contributed by atoms with Crippen LogP contribution in [0.4, 0.5) is 19.1 Å². The highest BCUT2D eigenvalue weighted by molar-refractivity contribution is 5.93. The molecule has 14 heteroatoms. The van der Waals surface area contributed by atoms with Crippen LogP contribution < -0.4 is 15.4 Å². The topological polar surface area (TPSA) is 114 Å². The van der Waals surface area contributed by atoms with Gasteiger partial charge in [0.15, 0.2) is 5.82 Å². The summed E-state index contributed by atoms with van der Waals surface area (Å²) in [6.07, 6.45) is 5.36. The number of methoxy groups -OCH3 is 1. The van der Waals surface area contributed by atoms with Crippen LogP contribution in [0.25, 0.3) is 22.4 Å². The Bertz CT molecular complexity index is 1420. The summed E-state index contributed by atoms with van der Waals surface area (Å²) in [4.78, 5) is 26.1. The number of rotatable bonds is 5. The van der Waals surface area contributed by atoms with Crippen molar-refractivity contribution in [3.05, 3.63) is 36.3 Å². The molecule has 4 aromatic rings. The molecule has 0 radical (unpaired) electrons. The normalized spacial score (nSPS) is 18.0. The van der Waals surface area contributed by atoms with Crippen LogP contribution in [0.15, 0.2) is 24.8 Å². The summed E-state index contributed by atoms with van der Waals surface area (Å²) >= 11 is 0. The molecule has 1 atom stereocenters. The van der Waals surface area contributed by atoms with Crippen LogP contribution in [0.2, 0.25) is 0 Å². The molecule has 0 spiro atoms. The molecule has 1 saturated heterocycles. The summed E-state index contributed by atoms with van der Waals surface area (Å²) in [5.41, 5.74) is 0.763. The molecule has 5 rings (SSSR count). The summed E-state index contributed by atoms with van der Waals surface area (Å²) in [7, 11) is 4.40. The van der Waals surface area contributed by atoms with Crippen LogP contribution >= 0.6 is 0 Å². The lowest BCUT2D eigenvalue weighted by Gasteiger charge is -2.19. The maximum atomic E-state index is 15.1. The second-order valence-electron chi connectivity index (χ2n) is 7.98. The Kier molecular flexibility index (Phi) is 5.04. The fourth-order valence-electron chi connectivity index (χ4n) is 4.09. The third kappa shape index (κ3) is 3.46. The minimum absolute atomic E-state index is 0.0247. The molecule has 1 fully saturated rings. The van der Waals surface area contributed by atoms with Crippen molar-refractivity contribution >= 4 is 23.1 Å². The van der Waals surface area contributed by atoms with E-state index in [0.29, 0.717) is 5.56 Å². The van der Waals surface area contributed by atoms with Crippen molar-refractivity contribution in [2.75, 3.05) is 39.6 Å². The quantitative estimate of drug-likeness (QED) is 0.444. The van der Waals surface area contributed by atoms with Crippen molar-refractivity contribution < 1.29 is 22.7 Å². The molecular weight excluding hydrogens is 455 g/mol. The number of ether oxygens (including phenoxy) is 1. The molecule has 1 aliphatic rings. The van der Waals surface area contributed by atoms with Crippen molar-refractivity contribution in [2.45, 2.75) is 12.0 Å². The first kappa shape index (κ1) is 21.9. The molecule has 1 aliphatic heterocycles. The van der Waals surface area contributed by atoms with Gasteiger partial charge in [0.05, 0.1) is 31.6 Å². The van der Waals surface area contributed by atoms with Crippen LogP contribution in [0.5, 0.6) is 5.88 Å². The molecule has 34 heavy (non-hydrogen) atoms. The number of likely N-dealkylation sites (tertiary alicyclic amines) is 1. The molecule has 0 bridgehead atoms. The van der Waals surface area contributed by atoms with E-state index in [0.717, 1.165) is 6.20 Å². The van der Waals surface area contributed by atoms with Crippen LogP contribution in [0.3, 0.4) is 0 Å². The number of hydrogen-bond donors (Lipinski definition) is 2. The number of nitrogens with zero attached hydrogens (tertiary/aromatic N) is 7. The van der Waals surface area contributed by atoms with Gasteiger partial charge in [-0.1, -0.05) is 0 Å². The van der Waals surface area contributed by atoms with E-state index in [4.69, 9.17) is 4.74 Å². The SMILES string of the molecule is CNC(=O)c1cnc2ncc(-c3c(F)cn4nc(N[C@@H]5CN(C)CC5(F)F)nc(OC)c34)cn12. The molecule has 178 valence electrons. The van der Waals surface area contributed by atoms with Gasteiger partial charge in [-0.2, -0.15) is 4.98 Å². The lowest BCUT2D eigenvalue weighted by Crippen LogP contribution is -2.38. The van der Waals surface area contributed by atoms with Gasteiger partial charge in [0.25, 0.3) is 11.8 Å². The molecule has 1 amide bonds. The molecule has 11 nitrogen and oxygen atoms in total. The zero-order valence-corrected chi connectivity index (χ0v) is 18.4. The fourth-order valence-corrected chi connectivity index (χ4v) is 4.09. The largest absolute Gasteiger partial charge is 0.479 e. The molecule has 5 heterocycles. The van der Waals surface area contributed by atoms with E-state index in [1.165, 1.54) is 46.6 Å². The van der Waals surface area contributed by atoms with Gasteiger partial charge in [-0.15, -0.1) is 5.10 Å². The van der Waals surface area contributed by atoms with E-state index in [1.54, 1.807) is 7.05 Å². The molecule has 4 aromatic heterocycles. The third-order valence-electron chi connectivity index (χ3n) is 5.65. The Morgan fingerprint density at radius 3 is 2.71 bits per heavy atom. The van der Waals surface area contributed by atoms with Gasteiger partial charge in [-0.05, 0) is 7.05 Å². The average Bonchev–Trinajstić information content (AvgIpc) is 3.44. The standard InChI is InChI=1S/C20H20F3N9O2/c1-24-16(33)12-5-26-19-25-4-10(6-31(12)19)14-11(21)7-32-15(14)17(34-3)28-18(29-32)27-13-8-30(2)9-20(13,22)23/h4-7,13H,8-9H2,1-3H3,(H,24,33)(H,27,29)/t13-/m1/s1. The minimum Gasteiger partial charge on any atom is -0.479 e. The third-order valence-corrected chi connectivity index (χ3v) is 5.65. The summed E-state index contributed by atoms with van der Waals surface area (Å²) in [6.45, 7) is -0.305. The molecular formula is C20H20F3N9O2. The average molecular weight is 475 g/mol. The predicted octanol–water partition coefficient (Wildman–Crippen LogP) is 1.31. The van der Waals surface area contributed by atoms with E-state index in [1.807, 2.05) is 0 Å². The first-order valence-corrected chi connectivity index (χ1v) is 10.2. The molecule has 2 N–H and O–H groups in total. The molecule has 0 aliphatic carbocycles. The number of amides is 1. The Balaban J connectivity index is 1.61. The summed E-state index contributed by atoms with van der Waals surface area (Å²) in [5, 5.41) is 9.32. The number of nitrogens with one attached hydrogen (secondary N) is 2. The zero-order valence-electron chi connectivity index (χ0n) is 18.4. The summed E-state index contributed by atoms with van der Waals surface area (Å²) in [5.74, 6) is -3.94. The van der Waals surface area contributed by atoms with Gasteiger partial charge < -0.3 is 15.4 Å². The number of hydrogen-bond acceptors (Lipinski definition) is 8. The van der Waals surface area contributed by atoms with E-state index >= 15 is 4.39 Å². The Morgan fingerprint density at radius 1 is 1.26 bits per heavy atom. The predicted molar refractivity (Wildman–Crippen MR) is 115 cm³/mol. The van der Waals surface area contributed by atoms with Gasteiger partial charge in [0.2, 0.25) is 17.6 Å². The van der Waals surface area contributed by atoms with Gasteiger partial charge in [0.1, 0.15) is 17.3 Å². The van der Waals surface area contributed by atoms with E-state index in [9.17, 15) is 13.6 Å². The Labute approximate surface area is 190 Å². The number of carbonyl (C=O) groups excluding carboxylic acids is 1. The fraction of sp³-hybridized carbons (Fsp3) is 0.350. The number of fused-ring (bicyclic) bond motifs is 2. The van der Waals surface area contributed by atoms with E-state index in [2.05, 4.69) is 30.7 Å². The first-order valence-electron chi connectivity index (χ1n) is 10.2. The number of likely N-dealkylation sites (N-methyl/N-ethyl adjacent to an activating group) is 1. The van der Waals surface area contributed by atoms with Crippen LogP contribution in [0, 0.1) is 5.82 Å². The van der Waals surface area contributed by atoms with E-state index < -0.39 is 24.3 Å². The number of alkyl halides is 2. The van der Waals surface area contributed by atoms with Gasteiger partial charge in [-0.25, -0.2) is 27.7 Å². The van der Waals surface area contributed by atoms with Gasteiger partial charge in [0, 0.05) is 31.5 Å². The highest BCUT2D eigenvalue weighted by Crippen LogP contribution is 2.35. The van der Waals surface area contributed by atoms with Crippen molar-refractivity contribution in [3.8, 4) is 17.0 Å². The summed E-state index contributed by atoms with van der Waals surface area (Å²) in [6, 6.07) is -1.21. The molecule has 0 unspecified atom stereocenters. The summed E-state index contributed by atoms with van der Waals surface area (Å²) < 4.78 is 51.6.